The molecule has 6 nitrogen and oxygen atoms in total. The van der Waals surface area contributed by atoms with Crippen LogP contribution >= 0.6 is 0 Å². The molecule has 0 bridgehead atoms. The number of nitrogens with zero attached hydrogens (tertiary/aromatic N) is 2. The second-order valence-corrected chi connectivity index (χ2v) is 11.8. The fourth-order valence-electron chi connectivity index (χ4n) is 5.84. The Morgan fingerprint density at radius 3 is 2.05 bits per heavy atom. The Labute approximate surface area is 221 Å². The molecular weight excluding hydrogens is 462 g/mol. The van der Waals surface area contributed by atoms with Crippen molar-refractivity contribution < 1.29 is 14.4 Å². The molecule has 2 aromatic rings. The van der Waals surface area contributed by atoms with Crippen LogP contribution in [0.15, 0.2) is 48.5 Å². The van der Waals surface area contributed by atoms with Crippen molar-refractivity contribution in [2.75, 3.05) is 19.0 Å². The highest BCUT2D eigenvalue weighted by molar-refractivity contribution is 6.00. The lowest BCUT2D eigenvalue weighted by molar-refractivity contribution is -0.157. The van der Waals surface area contributed by atoms with Gasteiger partial charge in [0.1, 0.15) is 18.1 Å². The van der Waals surface area contributed by atoms with Gasteiger partial charge in [-0.25, -0.2) is 0 Å². The Kier molecular flexibility index (Phi) is 8.05. The number of fused-ring (bicyclic) bond motifs is 1. The van der Waals surface area contributed by atoms with Gasteiger partial charge in [-0.1, -0.05) is 64.1 Å². The number of ketones is 1. The van der Waals surface area contributed by atoms with Gasteiger partial charge < -0.3 is 15.1 Å². The topological polar surface area (TPSA) is 69.7 Å². The molecule has 1 aliphatic heterocycles. The molecule has 3 atom stereocenters. The summed E-state index contributed by atoms with van der Waals surface area (Å²) in [5, 5.41) is 3.09. The van der Waals surface area contributed by atoms with E-state index in [0.29, 0.717) is 12.8 Å². The van der Waals surface area contributed by atoms with E-state index in [9.17, 15) is 14.4 Å². The van der Waals surface area contributed by atoms with Crippen molar-refractivity contribution in [3.05, 3.63) is 65.2 Å². The Hall–Kier alpha value is -3.15. The molecule has 2 amide bonds. The van der Waals surface area contributed by atoms with Gasteiger partial charge >= 0.3 is 0 Å². The fraction of sp³-hybridized carbons (Fsp3) is 0.516. The summed E-state index contributed by atoms with van der Waals surface area (Å²) in [5.74, 6) is 0.0123. The average molecular weight is 504 g/mol. The number of hydrogen-bond acceptors (Lipinski definition) is 4. The first kappa shape index (κ1) is 26.9. The van der Waals surface area contributed by atoms with Gasteiger partial charge in [0.25, 0.3) is 0 Å². The second-order valence-electron chi connectivity index (χ2n) is 11.8. The van der Waals surface area contributed by atoms with Crippen molar-refractivity contribution in [2.45, 2.75) is 71.5 Å². The van der Waals surface area contributed by atoms with Crippen LogP contribution in [-0.4, -0.2) is 48.7 Å². The number of amides is 2. The van der Waals surface area contributed by atoms with Gasteiger partial charge in [0.05, 0.1) is 0 Å². The van der Waals surface area contributed by atoms with Crippen molar-refractivity contribution in [1.82, 2.24) is 10.2 Å². The van der Waals surface area contributed by atoms with Gasteiger partial charge in [-0.05, 0) is 65.8 Å². The lowest BCUT2D eigenvalue weighted by Gasteiger charge is -2.45. The summed E-state index contributed by atoms with van der Waals surface area (Å²) in [6, 6.07) is 14.0. The van der Waals surface area contributed by atoms with Gasteiger partial charge in [-0.15, -0.1) is 0 Å². The summed E-state index contributed by atoms with van der Waals surface area (Å²) in [6.45, 7) is 8.12. The van der Waals surface area contributed by atoms with E-state index in [1.807, 2.05) is 83.1 Å². The predicted octanol–water partition coefficient (Wildman–Crippen LogP) is 4.57. The maximum atomic E-state index is 14.3. The number of Topliss-reactive ketones (excluding diaryl/α,β-unsaturated/α-hetero) is 1. The van der Waals surface area contributed by atoms with E-state index in [1.54, 1.807) is 4.90 Å². The smallest absolute Gasteiger partial charge is 0.247 e. The summed E-state index contributed by atoms with van der Waals surface area (Å²) >= 11 is 0. The zero-order valence-corrected chi connectivity index (χ0v) is 23.0. The number of carbonyl (C=O) groups is 3. The summed E-state index contributed by atoms with van der Waals surface area (Å²) < 4.78 is 0. The number of nitrogens with one attached hydrogen (secondary N) is 1. The number of anilines is 1. The zero-order valence-electron chi connectivity index (χ0n) is 23.0. The Bertz CT molecular complexity index is 1110. The van der Waals surface area contributed by atoms with Crippen molar-refractivity contribution in [3.8, 4) is 0 Å². The molecule has 0 radical (unpaired) electrons. The molecule has 6 heteroatoms. The van der Waals surface area contributed by atoms with E-state index in [0.717, 1.165) is 24.1 Å². The van der Waals surface area contributed by atoms with Crippen LogP contribution in [0.1, 0.15) is 63.3 Å². The standard InChI is InChI=1S/C31H41N3O3/c1-19(2)15-26-30(36)32-28(24-17-22-9-7-8-10-23(22)18-24)31(37)34(26)29(27(35)16-20(3)4)21-11-13-25(14-12-21)33(5)6/h7-14,19-20,24,26,28-29H,15-18H2,1-6H3,(H,32,36)/t26-,28-,29-/m1/s1. The van der Waals surface area contributed by atoms with E-state index in [4.69, 9.17) is 0 Å². The van der Waals surface area contributed by atoms with Crippen LogP contribution in [0.4, 0.5) is 5.69 Å². The molecule has 1 saturated heterocycles. The van der Waals surface area contributed by atoms with Crippen molar-refractivity contribution >= 4 is 23.3 Å². The summed E-state index contributed by atoms with van der Waals surface area (Å²) in [4.78, 5) is 45.4. The van der Waals surface area contributed by atoms with Crippen LogP contribution in [0.2, 0.25) is 0 Å². The van der Waals surface area contributed by atoms with Crippen molar-refractivity contribution in [2.24, 2.45) is 17.8 Å². The molecule has 0 aromatic heterocycles. The summed E-state index contributed by atoms with van der Waals surface area (Å²) in [6.07, 6.45) is 2.35. The molecule has 2 aliphatic rings. The fourth-order valence-corrected chi connectivity index (χ4v) is 5.84. The number of benzene rings is 2. The van der Waals surface area contributed by atoms with Crippen LogP contribution in [0.3, 0.4) is 0 Å². The minimum Gasteiger partial charge on any atom is -0.378 e. The highest BCUT2D eigenvalue weighted by Gasteiger charge is 2.49. The maximum Gasteiger partial charge on any atom is 0.247 e. The van der Waals surface area contributed by atoms with Gasteiger partial charge in [0.15, 0.2) is 5.78 Å². The second kappa shape index (κ2) is 11.1. The third-order valence-electron chi connectivity index (χ3n) is 7.62. The van der Waals surface area contributed by atoms with Crippen LogP contribution in [0.5, 0.6) is 0 Å². The van der Waals surface area contributed by atoms with Gasteiger partial charge in [0, 0.05) is 26.2 Å². The highest BCUT2D eigenvalue weighted by atomic mass is 16.2. The number of piperazine rings is 1. The van der Waals surface area contributed by atoms with Crippen molar-refractivity contribution in [3.63, 3.8) is 0 Å². The van der Waals surface area contributed by atoms with Crippen LogP contribution in [-0.2, 0) is 27.2 Å². The van der Waals surface area contributed by atoms with Crippen LogP contribution in [0, 0.1) is 17.8 Å². The Morgan fingerprint density at radius 2 is 1.54 bits per heavy atom. The molecule has 2 aromatic carbocycles. The Morgan fingerprint density at radius 1 is 0.946 bits per heavy atom. The molecule has 1 N–H and O–H groups in total. The SMILES string of the molecule is CC(C)CC(=O)[C@@H](c1ccc(N(C)C)cc1)N1C(=O)[C@@H](C2Cc3ccccc3C2)NC(=O)[C@H]1CC(C)C. The van der Waals surface area contributed by atoms with Gasteiger partial charge in [-0.2, -0.15) is 0 Å². The normalized spacial score (nSPS) is 20.8. The number of carbonyl (C=O) groups excluding carboxylic acids is 3. The summed E-state index contributed by atoms with van der Waals surface area (Å²) in [5.41, 5.74) is 4.25. The molecule has 0 unspecified atom stereocenters. The van der Waals surface area contributed by atoms with Crippen LogP contribution in [0.25, 0.3) is 0 Å². The molecule has 1 heterocycles. The molecule has 0 saturated carbocycles. The minimum absolute atomic E-state index is 0.0159. The highest BCUT2D eigenvalue weighted by Crippen LogP contribution is 2.36. The quantitative estimate of drug-likeness (QED) is 0.545. The summed E-state index contributed by atoms with van der Waals surface area (Å²) in [7, 11) is 3.94. The molecule has 4 rings (SSSR count). The third-order valence-corrected chi connectivity index (χ3v) is 7.62. The molecule has 1 aliphatic carbocycles. The molecule has 0 spiro atoms. The monoisotopic (exact) mass is 503 g/mol. The van der Waals surface area contributed by atoms with E-state index in [1.165, 1.54) is 11.1 Å². The first-order chi connectivity index (χ1) is 17.6. The van der Waals surface area contributed by atoms with Crippen molar-refractivity contribution in [1.29, 1.82) is 0 Å². The van der Waals surface area contributed by atoms with Gasteiger partial charge in [-0.3, -0.25) is 14.4 Å². The molecule has 1 fully saturated rings. The van der Waals surface area contributed by atoms with E-state index in [2.05, 4.69) is 17.4 Å². The van der Waals surface area contributed by atoms with E-state index < -0.39 is 18.1 Å². The van der Waals surface area contributed by atoms with Gasteiger partial charge in [0.2, 0.25) is 11.8 Å². The average Bonchev–Trinajstić information content (AvgIpc) is 3.27. The predicted molar refractivity (Wildman–Crippen MR) is 147 cm³/mol. The van der Waals surface area contributed by atoms with Crippen LogP contribution < -0.4 is 10.2 Å². The lowest BCUT2D eigenvalue weighted by atomic mass is 9.86. The largest absolute Gasteiger partial charge is 0.378 e. The molecule has 198 valence electrons. The minimum atomic E-state index is -0.785. The Balaban J connectivity index is 1.75. The molecular formula is C31H41N3O3. The number of hydrogen-bond donors (Lipinski definition) is 1. The third kappa shape index (κ3) is 5.73. The zero-order chi connectivity index (χ0) is 26.9. The number of rotatable bonds is 9. The molecule has 37 heavy (non-hydrogen) atoms. The first-order valence-electron chi connectivity index (χ1n) is 13.6. The van der Waals surface area contributed by atoms with E-state index >= 15 is 0 Å². The first-order valence-corrected chi connectivity index (χ1v) is 13.6. The maximum absolute atomic E-state index is 14.3. The lowest BCUT2D eigenvalue weighted by Crippen LogP contribution is -2.66. The van der Waals surface area contributed by atoms with E-state index in [-0.39, 0.29) is 35.4 Å².